The highest BCUT2D eigenvalue weighted by molar-refractivity contribution is 5.78. The molecular formula is C10H21N3O. The molecule has 82 valence electrons. The third-order valence-corrected chi connectivity index (χ3v) is 2.29. The van der Waals surface area contributed by atoms with Gasteiger partial charge in [0, 0.05) is 18.6 Å². The molecule has 0 aromatic rings. The van der Waals surface area contributed by atoms with Crippen LogP contribution in [0.15, 0.2) is 0 Å². The van der Waals surface area contributed by atoms with Gasteiger partial charge < -0.3 is 16.0 Å². The molecule has 0 saturated carbocycles. The summed E-state index contributed by atoms with van der Waals surface area (Å²) < 4.78 is 0. The number of carbonyl (C=O) groups is 1. The molecule has 1 atom stereocenters. The van der Waals surface area contributed by atoms with Gasteiger partial charge in [-0.25, -0.2) is 0 Å². The molecule has 1 heterocycles. The Morgan fingerprint density at radius 3 is 2.93 bits per heavy atom. The first kappa shape index (κ1) is 11.5. The summed E-state index contributed by atoms with van der Waals surface area (Å²) in [6, 6.07) is 0.788. The Hall–Kier alpha value is -0.610. The fraction of sp³-hybridized carbons (Fsp3) is 0.900. The molecule has 1 rings (SSSR count). The van der Waals surface area contributed by atoms with Crippen LogP contribution in [0.2, 0.25) is 0 Å². The zero-order valence-corrected chi connectivity index (χ0v) is 9.10. The van der Waals surface area contributed by atoms with Crippen LogP contribution < -0.4 is 16.0 Å². The van der Waals surface area contributed by atoms with Gasteiger partial charge in [0.05, 0.1) is 6.54 Å². The number of hydrogen-bond acceptors (Lipinski definition) is 3. The quantitative estimate of drug-likeness (QED) is 0.577. The molecule has 3 N–H and O–H groups in total. The molecular weight excluding hydrogens is 178 g/mol. The van der Waals surface area contributed by atoms with Gasteiger partial charge in [0.2, 0.25) is 5.91 Å². The molecule has 0 aromatic carbocycles. The molecule has 1 fully saturated rings. The Balaban J connectivity index is 1.99. The van der Waals surface area contributed by atoms with Crippen molar-refractivity contribution in [2.24, 2.45) is 0 Å². The maximum atomic E-state index is 11.2. The summed E-state index contributed by atoms with van der Waals surface area (Å²) >= 11 is 0. The van der Waals surface area contributed by atoms with Crippen molar-refractivity contribution in [3.05, 3.63) is 0 Å². The van der Waals surface area contributed by atoms with Gasteiger partial charge in [0.25, 0.3) is 0 Å². The van der Waals surface area contributed by atoms with Crippen molar-refractivity contribution in [2.75, 3.05) is 19.6 Å². The van der Waals surface area contributed by atoms with Crippen molar-refractivity contribution in [1.29, 1.82) is 0 Å². The lowest BCUT2D eigenvalue weighted by Gasteiger charge is -2.12. The first-order chi connectivity index (χ1) is 6.68. The van der Waals surface area contributed by atoms with Gasteiger partial charge in [-0.3, -0.25) is 4.79 Å². The molecule has 0 aromatic heterocycles. The highest BCUT2D eigenvalue weighted by Gasteiger charge is 2.13. The first-order valence-electron chi connectivity index (χ1n) is 5.42. The first-order valence-corrected chi connectivity index (χ1v) is 5.42. The lowest BCUT2D eigenvalue weighted by atomic mass is 10.2. The van der Waals surface area contributed by atoms with E-state index in [0.717, 1.165) is 13.1 Å². The normalized spacial score (nSPS) is 21.5. The summed E-state index contributed by atoms with van der Waals surface area (Å²) in [5.74, 6) is 0.0815. The number of rotatable bonds is 5. The molecule has 0 radical (unpaired) electrons. The summed E-state index contributed by atoms with van der Waals surface area (Å²) in [6.45, 7) is 6.37. The third-order valence-electron chi connectivity index (χ3n) is 2.29. The van der Waals surface area contributed by atoms with E-state index in [4.69, 9.17) is 0 Å². The van der Waals surface area contributed by atoms with Crippen LogP contribution in [-0.2, 0) is 4.79 Å². The Morgan fingerprint density at radius 1 is 1.57 bits per heavy atom. The van der Waals surface area contributed by atoms with Gasteiger partial charge in [-0.1, -0.05) is 0 Å². The smallest absolute Gasteiger partial charge is 0.234 e. The topological polar surface area (TPSA) is 53.2 Å². The Kier molecular flexibility index (Phi) is 4.90. The monoisotopic (exact) mass is 199 g/mol. The Morgan fingerprint density at radius 2 is 2.36 bits per heavy atom. The summed E-state index contributed by atoms with van der Waals surface area (Å²) in [5, 5.41) is 9.38. The van der Waals surface area contributed by atoms with Crippen molar-refractivity contribution < 1.29 is 4.79 Å². The van der Waals surface area contributed by atoms with Crippen molar-refractivity contribution >= 4 is 5.91 Å². The van der Waals surface area contributed by atoms with Crippen molar-refractivity contribution in [1.82, 2.24) is 16.0 Å². The van der Waals surface area contributed by atoms with Gasteiger partial charge in [0.15, 0.2) is 0 Å². The SMILES string of the molecule is CC(C)NC(=O)CNCC1CCCN1. The average Bonchev–Trinajstić information content (AvgIpc) is 2.55. The summed E-state index contributed by atoms with van der Waals surface area (Å²) in [5.41, 5.74) is 0. The molecule has 0 bridgehead atoms. The van der Waals surface area contributed by atoms with E-state index < -0.39 is 0 Å². The fourth-order valence-corrected chi connectivity index (χ4v) is 1.66. The largest absolute Gasteiger partial charge is 0.353 e. The van der Waals surface area contributed by atoms with Crippen molar-refractivity contribution in [3.8, 4) is 0 Å². The van der Waals surface area contributed by atoms with E-state index in [1.165, 1.54) is 12.8 Å². The van der Waals surface area contributed by atoms with Crippen LogP contribution >= 0.6 is 0 Å². The second-order valence-corrected chi connectivity index (χ2v) is 4.15. The number of hydrogen-bond donors (Lipinski definition) is 3. The molecule has 14 heavy (non-hydrogen) atoms. The molecule has 1 aliphatic rings. The van der Waals surface area contributed by atoms with Gasteiger partial charge in [0.1, 0.15) is 0 Å². The molecule has 4 heteroatoms. The average molecular weight is 199 g/mol. The summed E-state index contributed by atoms with van der Waals surface area (Å²) in [4.78, 5) is 11.2. The zero-order chi connectivity index (χ0) is 10.4. The molecule has 1 aliphatic heterocycles. The molecule has 0 spiro atoms. The van der Waals surface area contributed by atoms with Crippen LogP contribution in [0.5, 0.6) is 0 Å². The molecule has 4 nitrogen and oxygen atoms in total. The van der Waals surface area contributed by atoms with E-state index in [-0.39, 0.29) is 11.9 Å². The van der Waals surface area contributed by atoms with Crippen LogP contribution in [0.3, 0.4) is 0 Å². The van der Waals surface area contributed by atoms with Gasteiger partial charge in [-0.05, 0) is 33.2 Å². The maximum absolute atomic E-state index is 11.2. The van der Waals surface area contributed by atoms with E-state index in [9.17, 15) is 4.79 Å². The predicted molar refractivity (Wildman–Crippen MR) is 57.2 cm³/mol. The second-order valence-electron chi connectivity index (χ2n) is 4.15. The van der Waals surface area contributed by atoms with E-state index >= 15 is 0 Å². The lowest BCUT2D eigenvalue weighted by Crippen LogP contribution is -2.41. The highest BCUT2D eigenvalue weighted by atomic mass is 16.1. The molecule has 1 amide bonds. The minimum Gasteiger partial charge on any atom is -0.353 e. The molecule has 1 unspecified atom stereocenters. The van der Waals surface area contributed by atoms with E-state index in [2.05, 4.69) is 16.0 Å². The Labute approximate surface area is 85.8 Å². The van der Waals surface area contributed by atoms with Crippen LogP contribution in [0, 0.1) is 0 Å². The lowest BCUT2D eigenvalue weighted by molar-refractivity contribution is -0.120. The van der Waals surface area contributed by atoms with Crippen LogP contribution in [0.4, 0.5) is 0 Å². The van der Waals surface area contributed by atoms with E-state index in [1.54, 1.807) is 0 Å². The van der Waals surface area contributed by atoms with Crippen molar-refractivity contribution in [2.45, 2.75) is 38.8 Å². The maximum Gasteiger partial charge on any atom is 0.234 e. The second kappa shape index (κ2) is 5.98. The predicted octanol–water partition coefficient (Wildman–Crippen LogP) is -0.147. The van der Waals surface area contributed by atoms with Gasteiger partial charge in [-0.15, -0.1) is 0 Å². The van der Waals surface area contributed by atoms with E-state index in [0.29, 0.717) is 12.6 Å². The van der Waals surface area contributed by atoms with Crippen LogP contribution in [-0.4, -0.2) is 37.6 Å². The minimum absolute atomic E-state index is 0.0815. The number of nitrogens with one attached hydrogen (secondary N) is 3. The van der Waals surface area contributed by atoms with Gasteiger partial charge >= 0.3 is 0 Å². The molecule has 0 aliphatic carbocycles. The molecule has 1 saturated heterocycles. The highest BCUT2D eigenvalue weighted by Crippen LogP contribution is 2.02. The number of amides is 1. The zero-order valence-electron chi connectivity index (χ0n) is 9.10. The summed E-state index contributed by atoms with van der Waals surface area (Å²) in [6.07, 6.45) is 2.48. The Bertz CT molecular complexity index is 176. The van der Waals surface area contributed by atoms with Crippen molar-refractivity contribution in [3.63, 3.8) is 0 Å². The minimum atomic E-state index is 0.0815. The number of carbonyl (C=O) groups excluding carboxylic acids is 1. The standard InChI is InChI=1S/C10H21N3O/c1-8(2)13-10(14)7-11-6-9-4-3-5-12-9/h8-9,11-12H,3-7H2,1-2H3,(H,13,14). The fourth-order valence-electron chi connectivity index (χ4n) is 1.66. The van der Waals surface area contributed by atoms with Gasteiger partial charge in [-0.2, -0.15) is 0 Å². The van der Waals surface area contributed by atoms with Crippen LogP contribution in [0.25, 0.3) is 0 Å². The van der Waals surface area contributed by atoms with Crippen LogP contribution in [0.1, 0.15) is 26.7 Å². The summed E-state index contributed by atoms with van der Waals surface area (Å²) in [7, 11) is 0. The third kappa shape index (κ3) is 4.58. The van der Waals surface area contributed by atoms with E-state index in [1.807, 2.05) is 13.8 Å².